The molecule has 2 aromatic carbocycles. The van der Waals surface area contributed by atoms with Crippen LogP contribution in [0, 0.1) is 41.5 Å². The molecular weight excluding hydrogens is 288 g/mol. The molecule has 0 fully saturated rings. The highest BCUT2D eigenvalue weighted by Crippen LogP contribution is 2.41. The summed E-state index contributed by atoms with van der Waals surface area (Å²) in [6, 6.07) is 7.05. The van der Waals surface area contributed by atoms with Crippen molar-refractivity contribution in [3.05, 3.63) is 80.4 Å². The molecule has 0 heteroatoms. The molecular formula is C24H28. The Bertz CT molecular complexity index is 881. The standard InChI is InChI=1S/C24H28/c1-13-9-21(10-14(2)16(13)4)23-12-22-11-15(3)17(5)19(7)24(22)20(8)18(23)6/h9-11H,8,12H2,1-7H3. The van der Waals surface area contributed by atoms with Crippen LogP contribution >= 0.6 is 0 Å². The molecule has 0 N–H and O–H groups in total. The van der Waals surface area contributed by atoms with Crippen molar-refractivity contribution in [3.8, 4) is 0 Å². The SMILES string of the molecule is C=C1C(C)=C(c2cc(C)c(C)c(C)c2)Cc2cc(C)c(C)c(C)c21. The minimum absolute atomic E-state index is 1.00. The highest BCUT2D eigenvalue weighted by Gasteiger charge is 2.23. The molecule has 0 atom stereocenters. The van der Waals surface area contributed by atoms with Gasteiger partial charge in [0.1, 0.15) is 0 Å². The zero-order chi connectivity index (χ0) is 17.8. The molecule has 1 aliphatic carbocycles. The third-order valence-electron chi connectivity index (χ3n) is 6.09. The Morgan fingerprint density at radius 3 is 1.83 bits per heavy atom. The molecule has 0 saturated carbocycles. The molecule has 3 rings (SSSR count). The number of hydrogen-bond acceptors (Lipinski definition) is 0. The maximum Gasteiger partial charge on any atom is -0.00106 e. The Balaban J connectivity index is 2.21. The highest BCUT2D eigenvalue weighted by molar-refractivity contribution is 5.94. The van der Waals surface area contributed by atoms with Crippen LogP contribution in [0.25, 0.3) is 11.1 Å². The number of aryl methyl sites for hydroxylation is 3. The number of allylic oxidation sites excluding steroid dienone is 3. The third-order valence-corrected chi connectivity index (χ3v) is 6.09. The zero-order valence-electron chi connectivity index (χ0n) is 16.1. The molecule has 0 heterocycles. The van der Waals surface area contributed by atoms with Crippen LogP contribution < -0.4 is 0 Å². The van der Waals surface area contributed by atoms with Gasteiger partial charge in [0.15, 0.2) is 0 Å². The van der Waals surface area contributed by atoms with Crippen molar-refractivity contribution >= 4 is 11.1 Å². The van der Waals surface area contributed by atoms with Gasteiger partial charge in [-0.3, -0.25) is 0 Å². The van der Waals surface area contributed by atoms with Crippen molar-refractivity contribution < 1.29 is 0 Å². The first-order chi connectivity index (χ1) is 11.2. The van der Waals surface area contributed by atoms with E-state index >= 15 is 0 Å². The first-order valence-corrected chi connectivity index (χ1v) is 8.79. The van der Waals surface area contributed by atoms with Crippen LogP contribution in [0.4, 0.5) is 0 Å². The van der Waals surface area contributed by atoms with Gasteiger partial charge in [0.25, 0.3) is 0 Å². The second-order valence-electron chi connectivity index (χ2n) is 7.47. The average Bonchev–Trinajstić information content (AvgIpc) is 2.53. The zero-order valence-corrected chi connectivity index (χ0v) is 16.1. The maximum atomic E-state index is 4.45. The van der Waals surface area contributed by atoms with E-state index in [1.807, 2.05) is 0 Å². The molecule has 0 bridgehead atoms. The molecule has 0 saturated heterocycles. The summed E-state index contributed by atoms with van der Waals surface area (Å²) in [6.45, 7) is 20.0. The fraction of sp³-hybridized carbons (Fsp3) is 0.333. The van der Waals surface area contributed by atoms with Gasteiger partial charge in [0.05, 0.1) is 0 Å². The van der Waals surface area contributed by atoms with Crippen molar-refractivity contribution in [2.24, 2.45) is 0 Å². The van der Waals surface area contributed by atoms with E-state index in [0.717, 1.165) is 6.42 Å². The average molecular weight is 316 g/mol. The molecule has 0 spiro atoms. The van der Waals surface area contributed by atoms with Crippen molar-refractivity contribution in [2.75, 3.05) is 0 Å². The lowest BCUT2D eigenvalue weighted by Gasteiger charge is -2.27. The summed E-state index contributed by atoms with van der Waals surface area (Å²) >= 11 is 0. The quantitative estimate of drug-likeness (QED) is 0.557. The number of fused-ring (bicyclic) bond motifs is 1. The van der Waals surface area contributed by atoms with Crippen molar-refractivity contribution in [1.29, 1.82) is 0 Å². The van der Waals surface area contributed by atoms with Gasteiger partial charge in [-0.15, -0.1) is 0 Å². The molecule has 0 unspecified atom stereocenters. The fourth-order valence-electron chi connectivity index (χ4n) is 3.95. The van der Waals surface area contributed by atoms with E-state index in [-0.39, 0.29) is 0 Å². The van der Waals surface area contributed by atoms with Crippen molar-refractivity contribution in [1.82, 2.24) is 0 Å². The Morgan fingerprint density at radius 2 is 1.25 bits per heavy atom. The lowest BCUT2D eigenvalue weighted by molar-refractivity contribution is 1.13. The molecule has 0 nitrogen and oxygen atoms in total. The Hall–Kier alpha value is -2.08. The molecule has 124 valence electrons. The first-order valence-electron chi connectivity index (χ1n) is 8.79. The van der Waals surface area contributed by atoms with Crippen LogP contribution in [-0.4, -0.2) is 0 Å². The van der Waals surface area contributed by atoms with Gasteiger partial charge in [0.2, 0.25) is 0 Å². The maximum absolute atomic E-state index is 4.45. The van der Waals surface area contributed by atoms with Crippen LogP contribution in [0.15, 0.2) is 30.4 Å². The van der Waals surface area contributed by atoms with Gasteiger partial charge in [-0.25, -0.2) is 0 Å². The smallest absolute Gasteiger partial charge is 0.00106 e. The summed E-state index contributed by atoms with van der Waals surface area (Å²) in [4.78, 5) is 0. The summed E-state index contributed by atoms with van der Waals surface area (Å²) in [7, 11) is 0. The van der Waals surface area contributed by atoms with Gasteiger partial charge in [0, 0.05) is 0 Å². The molecule has 0 aliphatic heterocycles. The molecule has 0 aromatic heterocycles. The fourth-order valence-corrected chi connectivity index (χ4v) is 3.95. The van der Waals surface area contributed by atoms with E-state index in [4.69, 9.17) is 0 Å². The van der Waals surface area contributed by atoms with Gasteiger partial charge in [-0.1, -0.05) is 24.8 Å². The van der Waals surface area contributed by atoms with Crippen molar-refractivity contribution in [2.45, 2.75) is 54.9 Å². The highest BCUT2D eigenvalue weighted by atomic mass is 14.3. The summed E-state index contributed by atoms with van der Waals surface area (Å²) < 4.78 is 0. The lowest BCUT2D eigenvalue weighted by Crippen LogP contribution is -2.10. The molecule has 2 aromatic rings. The normalized spacial score (nSPS) is 14.2. The second kappa shape index (κ2) is 5.77. The third kappa shape index (κ3) is 2.45. The van der Waals surface area contributed by atoms with Gasteiger partial charge in [-0.2, -0.15) is 0 Å². The van der Waals surface area contributed by atoms with E-state index in [9.17, 15) is 0 Å². The largest absolute Gasteiger partial charge is 0.0909 e. The predicted octanol–water partition coefficient (Wildman–Crippen LogP) is 6.58. The van der Waals surface area contributed by atoms with Gasteiger partial charge in [-0.05, 0) is 122 Å². The minimum atomic E-state index is 1.00. The van der Waals surface area contributed by atoms with Gasteiger partial charge >= 0.3 is 0 Å². The lowest BCUT2D eigenvalue weighted by atomic mass is 9.77. The topological polar surface area (TPSA) is 0 Å². The number of rotatable bonds is 1. The van der Waals surface area contributed by atoms with E-state index in [2.05, 4.69) is 73.2 Å². The van der Waals surface area contributed by atoms with E-state index in [1.165, 1.54) is 66.8 Å². The number of benzene rings is 2. The molecule has 1 aliphatic rings. The Kier molecular flexibility index (Phi) is 4.03. The van der Waals surface area contributed by atoms with E-state index in [0.29, 0.717) is 0 Å². The van der Waals surface area contributed by atoms with Crippen LogP contribution in [0.2, 0.25) is 0 Å². The summed E-state index contributed by atoms with van der Waals surface area (Å²) in [5, 5.41) is 0. The van der Waals surface area contributed by atoms with Crippen LogP contribution in [0.3, 0.4) is 0 Å². The minimum Gasteiger partial charge on any atom is -0.0909 e. The molecule has 0 radical (unpaired) electrons. The van der Waals surface area contributed by atoms with E-state index in [1.54, 1.807) is 0 Å². The van der Waals surface area contributed by atoms with Crippen LogP contribution in [0.5, 0.6) is 0 Å². The van der Waals surface area contributed by atoms with Gasteiger partial charge < -0.3 is 0 Å². The van der Waals surface area contributed by atoms with Crippen LogP contribution in [-0.2, 0) is 6.42 Å². The summed E-state index contributed by atoms with van der Waals surface area (Å²) in [6.07, 6.45) is 1.00. The Labute approximate surface area is 146 Å². The first kappa shape index (κ1) is 16.8. The number of hydrogen-bond donors (Lipinski definition) is 0. The predicted molar refractivity (Wildman–Crippen MR) is 107 cm³/mol. The Morgan fingerprint density at radius 1 is 0.708 bits per heavy atom. The van der Waals surface area contributed by atoms with Crippen molar-refractivity contribution in [3.63, 3.8) is 0 Å². The monoisotopic (exact) mass is 316 g/mol. The molecule has 24 heavy (non-hydrogen) atoms. The summed E-state index contributed by atoms with van der Waals surface area (Å²) in [5.74, 6) is 0. The van der Waals surface area contributed by atoms with E-state index < -0.39 is 0 Å². The molecule has 0 amide bonds. The second-order valence-corrected chi connectivity index (χ2v) is 7.47. The summed E-state index contributed by atoms with van der Waals surface area (Å²) in [5.41, 5.74) is 16.4. The van der Waals surface area contributed by atoms with Crippen LogP contribution in [0.1, 0.15) is 57.0 Å².